The molecule has 2 aromatic heterocycles. The number of halogens is 1. The van der Waals surface area contributed by atoms with E-state index in [9.17, 15) is 19.6 Å². The zero-order valence-corrected chi connectivity index (χ0v) is 32.3. The van der Waals surface area contributed by atoms with Crippen LogP contribution in [0.4, 0.5) is 0 Å². The number of carbonyl (C=O) groups is 2. The number of nitriles is 1. The van der Waals surface area contributed by atoms with Crippen LogP contribution in [0.15, 0.2) is 69.7 Å². The van der Waals surface area contributed by atoms with Gasteiger partial charge in [0.1, 0.15) is 45.2 Å². The molecule has 0 spiro atoms. The van der Waals surface area contributed by atoms with Crippen molar-refractivity contribution in [1.29, 1.82) is 5.26 Å². The van der Waals surface area contributed by atoms with E-state index in [0.29, 0.717) is 71.8 Å². The number of amides is 2. The highest BCUT2D eigenvalue weighted by Gasteiger charge is 2.33. The van der Waals surface area contributed by atoms with Crippen LogP contribution in [0.2, 0.25) is 0 Å². The molecule has 1 fully saturated rings. The zero-order valence-electron chi connectivity index (χ0n) is 30.7. The number of aryl methyl sites for hydroxylation is 1. The number of pyridine rings is 2. The van der Waals surface area contributed by atoms with E-state index in [1.807, 2.05) is 44.2 Å². The van der Waals surface area contributed by atoms with E-state index >= 15 is 0 Å². The van der Waals surface area contributed by atoms with Gasteiger partial charge in [0.25, 0.3) is 17.4 Å². The third-order valence-electron chi connectivity index (χ3n) is 10.3. The summed E-state index contributed by atoms with van der Waals surface area (Å²) in [4.78, 5) is 47.9. The first-order valence-electron chi connectivity index (χ1n) is 17.5. The molecule has 12 heteroatoms. The fourth-order valence-electron chi connectivity index (χ4n) is 7.23. The Morgan fingerprint density at radius 1 is 0.981 bits per heavy atom. The smallest absolute Gasteiger partial charge is 0.265 e. The summed E-state index contributed by atoms with van der Waals surface area (Å²) in [7, 11) is 4.79. The molecule has 53 heavy (non-hydrogen) atoms. The van der Waals surface area contributed by atoms with E-state index in [2.05, 4.69) is 27.0 Å². The predicted octanol–water partition coefficient (Wildman–Crippen LogP) is 6.58. The van der Waals surface area contributed by atoms with Crippen LogP contribution in [0.1, 0.15) is 64.1 Å². The minimum atomic E-state index is -0.337. The summed E-state index contributed by atoms with van der Waals surface area (Å²) in [6.07, 6.45) is 5.06. The SMILES string of the molecule is COc1cc(-c2cn(C)c(=O)c(C)c2C)cc(OC)c1C(=O)N1CCC(Oc2cccc3c2CCN(C(=O)C(C#N)=Cc2cccc(Br)n2)C3C)CC1. The van der Waals surface area contributed by atoms with E-state index in [1.165, 1.54) is 20.3 Å². The Hall–Kier alpha value is -5.41. The standard InChI is InChI=1S/C41H42BrN5O6/c1-24-25(2)39(48)45(4)23-33(24)27-20-35(51-5)38(36(21-27)52-6)41(50)46-16-13-30(14-17-46)53-34-11-8-10-31-26(3)47(18-15-32(31)34)40(49)28(22-43)19-29-9-7-12-37(42)44-29/h7-12,19-21,23,26,30H,13-18H2,1-6H3. The van der Waals surface area contributed by atoms with Crippen molar-refractivity contribution in [2.45, 2.75) is 52.2 Å². The molecule has 0 saturated carbocycles. The molecule has 4 heterocycles. The van der Waals surface area contributed by atoms with E-state index < -0.39 is 0 Å². The number of nitrogens with zero attached hydrogens (tertiary/aromatic N) is 5. The second-order valence-corrected chi connectivity index (χ2v) is 14.2. The number of methoxy groups -OCH3 is 2. The molecule has 1 atom stereocenters. The highest BCUT2D eigenvalue weighted by atomic mass is 79.9. The minimum Gasteiger partial charge on any atom is -0.496 e. The molecule has 0 bridgehead atoms. The zero-order chi connectivity index (χ0) is 38.0. The molecule has 0 aliphatic carbocycles. The Labute approximate surface area is 317 Å². The number of aromatic nitrogens is 2. The fourth-order valence-corrected chi connectivity index (χ4v) is 7.59. The normalized spacial score (nSPS) is 16.1. The molecular formula is C41H42BrN5O6. The number of carbonyl (C=O) groups excluding carboxylic acids is 2. The molecule has 274 valence electrons. The lowest BCUT2D eigenvalue weighted by Gasteiger charge is -2.37. The maximum absolute atomic E-state index is 14.0. The Bertz CT molecular complexity index is 2190. The Morgan fingerprint density at radius 3 is 2.30 bits per heavy atom. The van der Waals surface area contributed by atoms with E-state index in [-0.39, 0.29) is 35.1 Å². The first-order chi connectivity index (χ1) is 25.4. The summed E-state index contributed by atoms with van der Waals surface area (Å²) in [5, 5.41) is 9.85. The third kappa shape index (κ3) is 7.44. The van der Waals surface area contributed by atoms with Gasteiger partial charge in [-0.2, -0.15) is 5.26 Å². The summed E-state index contributed by atoms with van der Waals surface area (Å²) in [5.41, 5.74) is 6.04. The van der Waals surface area contributed by atoms with Gasteiger partial charge in [0.2, 0.25) is 0 Å². The topological polar surface area (TPSA) is 127 Å². The van der Waals surface area contributed by atoms with Gasteiger partial charge in [-0.25, -0.2) is 4.98 Å². The number of ether oxygens (including phenoxy) is 3. The first-order valence-corrected chi connectivity index (χ1v) is 18.3. The van der Waals surface area contributed by atoms with Gasteiger partial charge in [0.05, 0.1) is 26.0 Å². The van der Waals surface area contributed by atoms with Gasteiger partial charge < -0.3 is 28.6 Å². The maximum atomic E-state index is 14.0. The van der Waals surface area contributed by atoms with E-state index in [1.54, 1.807) is 52.7 Å². The monoisotopic (exact) mass is 779 g/mol. The van der Waals surface area contributed by atoms with Crippen LogP contribution < -0.4 is 19.8 Å². The summed E-state index contributed by atoms with van der Waals surface area (Å²) in [5.74, 6) is 1.05. The van der Waals surface area contributed by atoms with Crippen molar-refractivity contribution >= 4 is 33.8 Å². The Kier molecular flexibility index (Phi) is 11.0. The van der Waals surface area contributed by atoms with Gasteiger partial charge in [-0.3, -0.25) is 14.4 Å². The number of piperidine rings is 1. The van der Waals surface area contributed by atoms with Crippen molar-refractivity contribution in [3.63, 3.8) is 0 Å². The van der Waals surface area contributed by atoms with Crippen molar-refractivity contribution in [1.82, 2.24) is 19.4 Å². The number of hydrogen-bond acceptors (Lipinski definition) is 8. The van der Waals surface area contributed by atoms with Crippen molar-refractivity contribution < 1.29 is 23.8 Å². The van der Waals surface area contributed by atoms with Crippen LogP contribution in [-0.4, -0.2) is 71.1 Å². The van der Waals surface area contributed by atoms with Crippen molar-refractivity contribution in [3.8, 4) is 34.4 Å². The van der Waals surface area contributed by atoms with Gasteiger partial charge in [0.15, 0.2) is 0 Å². The number of hydrogen-bond donors (Lipinski definition) is 0. The molecule has 6 rings (SSSR count). The number of rotatable bonds is 8. The molecule has 11 nitrogen and oxygen atoms in total. The highest BCUT2D eigenvalue weighted by Crippen LogP contribution is 2.39. The molecule has 2 aliphatic heterocycles. The second kappa shape index (κ2) is 15.7. The van der Waals surface area contributed by atoms with Crippen molar-refractivity contribution in [2.75, 3.05) is 33.9 Å². The van der Waals surface area contributed by atoms with Gasteiger partial charge in [-0.15, -0.1) is 0 Å². The van der Waals surface area contributed by atoms with Crippen LogP contribution >= 0.6 is 15.9 Å². The maximum Gasteiger partial charge on any atom is 0.265 e. The fraction of sp³-hybridized carbons (Fsp3) is 0.341. The summed E-state index contributed by atoms with van der Waals surface area (Å²) in [6, 6.07) is 16.7. The van der Waals surface area contributed by atoms with Crippen LogP contribution in [0, 0.1) is 25.2 Å². The molecule has 1 saturated heterocycles. The summed E-state index contributed by atoms with van der Waals surface area (Å²) in [6.45, 7) is 7.10. The van der Waals surface area contributed by atoms with E-state index in [0.717, 1.165) is 33.6 Å². The van der Waals surface area contributed by atoms with E-state index in [4.69, 9.17) is 14.2 Å². The molecule has 2 aromatic carbocycles. The highest BCUT2D eigenvalue weighted by molar-refractivity contribution is 9.10. The second-order valence-electron chi connectivity index (χ2n) is 13.4. The molecule has 0 radical (unpaired) electrons. The van der Waals surface area contributed by atoms with Crippen LogP contribution in [-0.2, 0) is 18.3 Å². The predicted molar refractivity (Wildman–Crippen MR) is 205 cm³/mol. The van der Waals surface area contributed by atoms with Crippen molar-refractivity contribution in [3.05, 3.63) is 109 Å². The average Bonchev–Trinajstić information content (AvgIpc) is 3.17. The van der Waals surface area contributed by atoms with Crippen LogP contribution in [0.25, 0.3) is 17.2 Å². The first kappa shape index (κ1) is 37.4. The number of benzene rings is 2. The van der Waals surface area contributed by atoms with Crippen molar-refractivity contribution in [2.24, 2.45) is 7.05 Å². The molecule has 1 unspecified atom stereocenters. The molecule has 2 aliphatic rings. The minimum absolute atomic E-state index is 0.0280. The lowest BCUT2D eigenvalue weighted by Crippen LogP contribution is -2.42. The summed E-state index contributed by atoms with van der Waals surface area (Å²) < 4.78 is 20.3. The lowest BCUT2D eigenvalue weighted by atomic mass is 9.92. The average molecular weight is 781 g/mol. The lowest BCUT2D eigenvalue weighted by molar-refractivity contribution is -0.129. The Balaban J connectivity index is 1.15. The number of likely N-dealkylation sites (tertiary alicyclic amines) is 1. The molecule has 0 N–H and O–H groups in total. The third-order valence-corrected chi connectivity index (χ3v) is 10.8. The summed E-state index contributed by atoms with van der Waals surface area (Å²) >= 11 is 3.34. The van der Waals surface area contributed by atoms with Crippen LogP contribution in [0.3, 0.4) is 0 Å². The van der Waals surface area contributed by atoms with Gasteiger partial charge in [-0.05, 0) is 96.2 Å². The van der Waals surface area contributed by atoms with Gasteiger partial charge >= 0.3 is 0 Å². The quantitative estimate of drug-likeness (QED) is 0.112. The largest absolute Gasteiger partial charge is 0.496 e. The van der Waals surface area contributed by atoms with Gasteiger partial charge in [-0.1, -0.05) is 18.2 Å². The Morgan fingerprint density at radius 2 is 1.66 bits per heavy atom. The number of fused-ring (bicyclic) bond motifs is 1. The molecule has 2 amide bonds. The molecule has 4 aromatic rings. The van der Waals surface area contributed by atoms with Gasteiger partial charge in [0, 0.05) is 62.4 Å². The molecular weight excluding hydrogens is 738 g/mol. The van der Waals surface area contributed by atoms with Crippen LogP contribution in [0.5, 0.6) is 17.2 Å².